The van der Waals surface area contributed by atoms with Crippen molar-refractivity contribution in [1.29, 1.82) is 0 Å². The van der Waals surface area contributed by atoms with Crippen molar-refractivity contribution in [3.8, 4) is 0 Å². The summed E-state index contributed by atoms with van der Waals surface area (Å²) in [7, 11) is 3.24. The summed E-state index contributed by atoms with van der Waals surface area (Å²) < 4.78 is 6.54. The summed E-state index contributed by atoms with van der Waals surface area (Å²) in [5.74, 6) is -0.316. The molecule has 15 heavy (non-hydrogen) atoms. The summed E-state index contributed by atoms with van der Waals surface area (Å²) in [6, 6.07) is 11.6. The van der Waals surface area contributed by atoms with Gasteiger partial charge in [-0.05, 0) is 12.1 Å². The van der Waals surface area contributed by atoms with Crippen molar-refractivity contribution >= 4 is 16.9 Å². The predicted octanol–water partition coefficient (Wildman–Crippen LogP) is 1.45. The molecule has 1 aromatic heterocycles. The van der Waals surface area contributed by atoms with Crippen LogP contribution in [-0.2, 0) is 11.8 Å². The predicted molar refractivity (Wildman–Crippen MR) is 56.5 cm³/mol. The highest BCUT2D eigenvalue weighted by molar-refractivity contribution is 5.87. The molecule has 1 heterocycles. The lowest BCUT2D eigenvalue weighted by Crippen LogP contribution is -2.37. The Kier molecular flexibility index (Phi) is 2.37. The molecule has 3 nitrogen and oxygen atoms in total. The standard InChI is InChI=1S/C12H12NO2/c1-13-10-6-4-3-5-9(10)7-8-11(13)12(14)15-2/h3-8H,1-2H3/q+1. The number of esters is 1. The smallest absolute Gasteiger partial charge is 0.403 e. The highest BCUT2D eigenvalue weighted by Crippen LogP contribution is 2.10. The maximum atomic E-state index is 11.4. The Labute approximate surface area is 87.9 Å². The number of hydrogen-bond donors (Lipinski definition) is 0. The van der Waals surface area contributed by atoms with Crippen molar-refractivity contribution in [2.45, 2.75) is 0 Å². The van der Waals surface area contributed by atoms with Crippen molar-refractivity contribution in [2.75, 3.05) is 7.11 Å². The molecule has 0 aliphatic rings. The lowest BCUT2D eigenvalue weighted by Gasteiger charge is -2.00. The van der Waals surface area contributed by atoms with Gasteiger partial charge in [0.25, 0.3) is 5.69 Å². The zero-order valence-electron chi connectivity index (χ0n) is 8.73. The second-order valence-corrected chi connectivity index (χ2v) is 3.33. The van der Waals surface area contributed by atoms with Crippen LogP contribution in [0.15, 0.2) is 36.4 Å². The van der Waals surface area contributed by atoms with Gasteiger partial charge in [-0.15, -0.1) is 0 Å². The number of methoxy groups -OCH3 is 1. The number of ether oxygens (including phenoxy) is 1. The third-order valence-corrected chi connectivity index (χ3v) is 2.47. The summed E-state index contributed by atoms with van der Waals surface area (Å²) in [5.41, 5.74) is 1.57. The van der Waals surface area contributed by atoms with Crippen LogP contribution in [0.1, 0.15) is 10.5 Å². The van der Waals surface area contributed by atoms with E-state index in [-0.39, 0.29) is 5.97 Å². The molecule has 2 aromatic rings. The Morgan fingerprint density at radius 1 is 1.20 bits per heavy atom. The molecule has 0 aliphatic carbocycles. The van der Waals surface area contributed by atoms with E-state index in [0.717, 1.165) is 10.9 Å². The second-order valence-electron chi connectivity index (χ2n) is 3.33. The quantitative estimate of drug-likeness (QED) is 0.517. The first kappa shape index (κ1) is 9.65. The molecule has 0 N–H and O–H groups in total. The Morgan fingerprint density at radius 2 is 1.93 bits per heavy atom. The molecule has 0 bridgehead atoms. The molecule has 2 rings (SSSR count). The van der Waals surface area contributed by atoms with Crippen LogP contribution in [0.4, 0.5) is 0 Å². The molecular formula is C12H12NO2+. The molecule has 0 fully saturated rings. The number of benzene rings is 1. The average Bonchev–Trinajstić information content (AvgIpc) is 2.29. The van der Waals surface area contributed by atoms with E-state index in [1.54, 1.807) is 6.07 Å². The lowest BCUT2D eigenvalue weighted by molar-refractivity contribution is -0.647. The second kappa shape index (κ2) is 3.69. The summed E-state index contributed by atoms with van der Waals surface area (Å²) >= 11 is 0. The minimum Gasteiger partial charge on any atom is -0.461 e. The molecule has 0 amide bonds. The first-order chi connectivity index (χ1) is 7.24. The molecular weight excluding hydrogens is 190 g/mol. The Hall–Kier alpha value is -1.90. The number of fused-ring (bicyclic) bond motifs is 1. The number of rotatable bonds is 1. The molecule has 1 aromatic carbocycles. The summed E-state index contributed by atoms with van der Waals surface area (Å²) in [5, 5.41) is 1.10. The number of aromatic nitrogens is 1. The summed E-state index contributed by atoms with van der Waals surface area (Å²) in [6.07, 6.45) is 0. The Bertz CT molecular complexity index is 520. The minimum atomic E-state index is -0.316. The van der Waals surface area contributed by atoms with E-state index in [2.05, 4.69) is 0 Å². The third kappa shape index (κ3) is 1.56. The average molecular weight is 202 g/mol. The van der Waals surface area contributed by atoms with Gasteiger partial charge in [0.1, 0.15) is 7.05 Å². The summed E-state index contributed by atoms with van der Waals surface area (Å²) in [6.45, 7) is 0. The van der Waals surface area contributed by atoms with Crippen LogP contribution in [0.25, 0.3) is 10.9 Å². The highest BCUT2D eigenvalue weighted by atomic mass is 16.5. The zero-order valence-corrected chi connectivity index (χ0v) is 8.73. The van der Waals surface area contributed by atoms with Gasteiger partial charge in [-0.25, -0.2) is 4.79 Å². The van der Waals surface area contributed by atoms with E-state index in [0.29, 0.717) is 5.69 Å². The van der Waals surface area contributed by atoms with Gasteiger partial charge in [-0.1, -0.05) is 12.1 Å². The van der Waals surface area contributed by atoms with Gasteiger partial charge in [0, 0.05) is 17.5 Å². The molecule has 0 unspecified atom stereocenters. The molecule has 0 atom stereocenters. The number of hydrogen-bond acceptors (Lipinski definition) is 2. The molecule has 0 radical (unpaired) electrons. The van der Waals surface area contributed by atoms with Crippen molar-refractivity contribution in [3.63, 3.8) is 0 Å². The minimum absolute atomic E-state index is 0.316. The van der Waals surface area contributed by atoms with Gasteiger partial charge >= 0.3 is 5.97 Å². The molecule has 0 saturated carbocycles. The van der Waals surface area contributed by atoms with Gasteiger partial charge < -0.3 is 4.74 Å². The maximum absolute atomic E-state index is 11.4. The van der Waals surface area contributed by atoms with Gasteiger partial charge in [0.15, 0.2) is 0 Å². The van der Waals surface area contributed by atoms with Crippen molar-refractivity contribution in [3.05, 3.63) is 42.1 Å². The van der Waals surface area contributed by atoms with Crippen LogP contribution in [0.5, 0.6) is 0 Å². The van der Waals surface area contributed by atoms with E-state index in [1.165, 1.54) is 7.11 Å². The maximum Gasteiger partial charge on any atom is 0.403 e. The van der Waals surface area contributed by atoms with E-state index < -0.39 is 0 Å². The topological polar surface area (TPSA) is 30.2 Å². The molecule has 76 valence electrons. The lowest BCUT2D eigenvalue weighted by atomic mass is 10.2. The van der Waals surface area contributed by atoms with Gasteiger partial charge in [0.05, 0.1) is 7.11 Å². The molecule has 3 heteroatoms. The van der Waals surface area contributed by atoms with Crippen LogP contribution >= 0.6 is 0 Å². The number of nitrogens with zero attached hydrogens (tertiary/aromatic N) is 1. The highest BCUT2D eigenvalue weighted by Gasteiger charge is 2.18. The fourth-order valence-corrected chi connectivity index (χ4v) is 1.65. The summed E-state index contributed by atoms with van der Waals surface area (Å²) in [4.78, 5) is 11.4. The van der Waals surface area contributed by atoms with Crippen molar-refractivity contribution in [2.24, 2.45) is 7.05 Å². The first-order valence-corrected chi connectivity index (χ1v) is 4.70. The van der Waals surface area contributed by atoms with Gasteiger partial charge in [0.2, 0.25) is 5.52 Å². The van der Waals surface area contributed by atoms with Gasteiger partial charge in [-0.2, -0.15) is 4.57 Å². The monoisotopic (exact) mass is 202 g/mol. The number of carbonyl (C=O) groups excluding carboxylic acids is 1. The van der Waals surface area contributed by atoms with Crippen molar-refractivity contribution in [1.82, 2.24) is 0 Å². The zero-order chi connectivity index (χ0) is 10.8. The fourth-order valence-electron chi connectivity index (χ4n) is 1.65. The number of aryl methyl sites for hydroxylation is 1. The Balaban J connectivity index is 2.70. The molecule has 0 saturated heterocycles. The number of carbonyl (C=O) groups is 1. The van der Waals surface area contributed by atoms with E-state index in [4.69, 9.17) is 4.74 Å². The van der Waals surface area contributed by atoms with Crippen LogP contribution in [-0.4, -0.2) is 13.1 Å². The van der Waals surface area contributed by atoms with Crippen LogP contribution < -0.4 is 4.57 Å². The van der Waals surface area contributed by atoms with E-state index in [1.807, 2.05) is 41.9 Å². The largest absolute Gasteiger partial charge is 0.461 e. The number of pyridine rings is 1. The Morgan fingerprint density at radius 3 is 2.67 bits per heavy atom. The normalized spacial score (nSPS) is 10.3. The third-order valence-electron chi connectivity index (χ3n) is 2.47. The van der Waals surface area contributed by atoms with Crippen LogP contribution in [0.3, 0.4) is 0 Å². The van der Waals surface area contributed by atoms with Gasteiger partial charge in [-0.3, -0.25) is 0 Å². The van der Waals surface area contributed by atoms with Crippen molar-refractivity contribution < 1.29 is 14.1 Å². The van der Waals surface area contributed by atoms with Crippen LogP contribution in [0, 0.1) is 0 Å². The molecule has 0 aliphatic heterocycles. The SMILES string of the molecule is COC(=O)c1ccc2ccccc2[n+]1C. The molecule has 0 spiro atoms. The number of para-hydroxylation sites is 1. The van der Waals surface area contributed by atoms with E-state index in [9.17, 15) is 4.79 Å². The van der Waals surface area contributed by atoms with Crippen LogP contribution in [0.2, 0.25) is 0 Å². The van der Waals surface area contributed by atoms with E-state index >= 15 is 0 Å². The first-order valence-electron chi connectivity index (χ1n) is 4.70. The fraction of sp³-hybridized carbons (Fsp3) is 0.167.